The van der Waals surface area contributed by atoms with E-state index in [0.717, 1.165) is 71.6 Å². The van der Waals surface area contributed by atoms with Crippen molar-refractivity contribution in [1.29, 1.82) is 0 Å². The minimum absolute atomic E-state index is 0.344. The lowest BCUT2D eigenvalue weighted by atomic mass is 9.79. The predicted molar refractivity (Wildman–Crippen MR) is 84.1 cm³/mol. The Morgan fingerprint density at radius 2 is 1.90 bits per heavy atom. The van der Waals surface area contributed by atoms with Gasteiger partial charge in [-0.15, -0.1) is 0 Å². The van der Waals surface area contributed by atoms with Gasteiger partial charge in [0.15, 0.2) is 0 Å². The van der Waals surface area contributed by atoms with E-state index in [4.69, 9.17) is 10.5 Å². The minimum Gasteiger partial charge on any atom is -0.378 e. The molecule has 21 heavy (non-hydrogen) atoms. The Morgan fingerprint density at radius 3 is 2.52 bits per heavy atom. The van der Waals surface area contributed by atoms with Gasteiger partial charge in [0.05, 0.1) is 6.10 Å². The second kappa shape index (κ2) is 8.71. The van der Waals surface area contributed by atoms with Crippen molar-refractivity contribution < 1.29 is 9.53 Å². The molecule has 0 aromatic heterocycles. The molecule has 0 radical (unpaired) electrons. The second-order valence-electron chi connectivity index (χ2n) is 6.34. The number of carbonyl (C=O) groups excluding carboxylic acids is 1. The van der Waals surface area contributed by atoms with Crippen LogP contribution >= 0.6 is 0 Å². The monoisotopic (exact) mass is 297 g/mol. The van der Waals surface area contributed by atoms with Crippen LogP contribution in [0.5, 0.6) is 0 Å². The van der Waals surface area contributed by atoms with Crippen molar-refractivity contribution in [2.45, 2.75) is 45.1 Å². The number of piperazine rings is 1. The molecule has 0 unspecified atom stereocenters. The first-order valence-corrected chi connectivity index (χ1v) is 8.54. The van der Waals surface area contributed by atoms with Gasteiger partial charge in [0, 0.05) is 39.2 Å². The third kappa shape index (κ3) is 5.24. The lowest BCUT2D eigenvalue weighted by Crippen LogP contribution is -2.49. The van der Waals surface area contributed by atoms with Crippen LogP contribution in [0.1, 0.15) is 39.0 Å². The highest BCUT2D eigenvalue weighted by atomic mass is 16.5. The predicted octanol–water partition coefficient (Wildman–Crippen LogP) is 1.07. The Balaban J connectivity index is 1.58. The standard InChI is InChI=1S/C16H31N3O2/c1-2-21-15-11-14(12-15)13-16(20)19-9-7-18(8-10-19)6-4-3-5-17/h14-15H,2-13,17H2,1H3. The third-order valence-corrected chi connectivity index (χ3v) is 4.71. The fraction of sp³-hybridized carbons (Fsp3) is 0.938. The molecule has 1 aliphatic heterocycles. The molecule has 1 amide bonds. The van der Waals surface area contributed by atoms with Crippen molar-refractivity contribution in [3.8, 4) is 0 Å². The van der Waals surface area contributed by atoms with E-state index >= 15 is 0 Å². The number of nitrogens with zero attached hydrogens (tertiary/aromatic N) is 2. The Morgan fingerprint density at radius 1 is 1.19 bits per heavy atom. The van der Waals surface area contributed by atoms with Crippen molar-refractivity contribution in [2.75, 3.05) is 45.9 Å². The van der Waals surface area contributed by atoms with Crippen LogP contribution in [0, 0.1) is 5.92 Å². The number of rotatable bonds is 8. The summed E-state index contributed by atoms with van der Waals surface area (Å²) >= 11 is 0. The van der Waals surface area contributed by atoms with Gasteiger partial charge in [-0.05, 0) is 51.6 Å². The third-order valence-electron chi connectivity index (χ3n) is 4.71. The summed E-state index contributed by atoms with van der Waals surface area (Å²) in [5.74, 6) is 0.896. The number of nitrogens with two attached hydrogens (primary N) is 1. The van der Waals surface area contributed by atoms with Crippen LogP contribution in [-0.2, 0) is 9.53 Å². The molecular weight excluding hydrogens is 266 g/mol. The molecule has 2 aliphatic rings. The van der Waals surface area contributed by atoms with Gasteiger partial charge in [0.2, 0.25) is 5.91 Å². The molecule has 2 N–H and O–H groups in total. The van der Waals surface area contributed by atoms with Crippen LogP contribution in [0.2, 0.25) is 0 Å². The molecule has 0 spiro atoms. The summed E-state index contributed by atoms with van der Waals surface area (Å²) in [6.45, 7) is 8.54. The maximum absolute atomic E-state index is 12.3. The first-order valence-electron chi connectivity index (χ1n) is 8.54. The molecular formula is C16H31N3O2. The molecule has 0 bridgehead atoms. The van der Waals surface area contributed by atoms with Crippen LogP contribution in [0.15, 0.2) is 0 Å². The van der Waals surface area contributed by atoms with Gasteiger partial charge < -0.3 is 15.4 Å². The Hall–Kier alpha value is -0.650. The lowest BCUT2D eigenvalue weighted by molar-refractivity contribution is -0.136. The molecule has 122 valence electrons. The SMILES string of the molecule is CCOC1CC(CC(=O)N2CCN(CCCCN)CC2)C1. The molecule has 1 heterocycles. The molecule has 0 aromatic carbocycles. The summed E-state index contributed by atoms with van der Waals surface area (Å²) in [6, 6.07) is 0. The zero-order chi connectivity index (χ0) is 15.1. The van der Waals surface area contributed by atoms with Crippen LogP contribution in [-0.4, -0.2) is 67.7 Å². The van der Waals surface area contributed by atoms with E-state index in [-0.39, 0.29) is 0 Å². The van der Waals surface area contributed by atoms with Crippen LogP contribution in [0.4, 0.5) is 0 Å². The first-order chi connectivity index (χ1) is 10.2. The van der Waals surface area contributed by atoms with Gasteiger partial charge in [-0.3, -0.25) is 9.69 Å². The lowest BCUT2D eigenvalue weighted by Gasteiger charge is -2.38. The Kier molecular flexibility index (Phi) is 6.93. The Bertz CT molecular complexity index is 311. The van der Waals surface area contributed by atoms with Gasteiger partial charge in [-0.1, -0.05) is 0 Å². The van der Waals surface area contributed by atoms with E-state index in [9.17, 15) is 4.79 Å². The number of carbonyl (C=O) groups is 1. The molecule has 5 heteroatoms. The van der Waals surface area contributed by atoms with Gasteiger partial charge in [0.1, 0.15) is 0 Å². The second-order valence-corrected chi connectivity index (χ2v) is 6.34. The van der Waals surface area contributed by atoms with E-state index < -0.39 is 0 Å². The number of ether oxygens (including phenoxy) is 1. The highest BCUT2D eigenvalue weighted by Gasteiger charge is 2.32. The summed E-state index contributed by atoms with van der Waals surface area (Å²) < 4.78 is 5.56. The van der Waals surface area contributed by atoms with Crippen LogP contribution < -0.4 is 5.73 Å². The summed E-state index contributed by atoms with van der Waals surface area (Å²) in [4.78, 5) is 16.8. The van der Waals surface area contributed by atoms with Crippen molar-refractivity contribution in [3.63, 3.8) is 0 Å². The quantitative estimate of drug-likeness (QED) is 0.681. The first kappa shape index (κ1) is 16.7. The normalized spacial score (nSPS) is 26.7. The molecule has 0 atom stereocenters. The van der Waals surface area contributed by atoms with E-state index in [1.54, 1.807) is 0 Å². The molecule has 2 rings (SSSR count). The summed E-state index contributed by atoms with van der Waals surface area (Å²) in [6.07, 6.45) is 5.54. The molecule has 5 nitrogen and oxygen atoms in total. The number of unbranched alkanes of at least 4 members (excludes halogenated alkanes) is 1. The fourth-order valence-corrected chi connectivity index (χ4v) is 3.29. The molecule has 0 aromatic rings. The van der Waals surface area contributed by atoms with Gasteiger partial charge in [-0.25, -0.2) is 0 Å². The summed E-state index contributed by atoms with van der Waals surface area (Å²) in [5, 5.41) is 0. The molecule has 1 saturated heterocycles. The summed E-state index contributed by atoms with van der Waals surface area (Å²) in [5.41, 5.74) is 5.52. The highest BCUT2D eigenvalue weighted by Crippen LogP contribution is 2.33. The van der Waals surface area contributed by atoms with Crippen molar-refractivity contribution in [1.82, 2.24) is 9.80 Å². The zero-order valence-corrected chi connectivity index (χ0v) is 13.4. The Labute approximate surface area is 128 Å². The van der Waals surface area contributed by atoms with E-state index in [1.165, 1.54) is 6.42 Å². The van der Waals surface area contributed by atoms with Crippen molar-refractivity contribution in [3.05, 3.63) is 0 Å². The maximum atomic E-state index is 12.3. The molecule has 1 saturated carbocycles. The summed E-state index contributed by atoms with van der Waals surface area (Å²) in [7, 11) is 0. The highest BCUT2D eigenvalue weighted by molar-refractivity contribution is 5.76. The maximum Gasteiger partial charge on any atom is 0.222 e. The topological polar surface area (TPSA) is 58.8 Å². The smallest absolute Gasteiger partial charge is 0.222 e. The number of hydrogen-bond acceptors (Lipinski definition) is 4. The number of hydrogen-bond donors (Lipinski definition) is 1. The van der Waals surface area contributed by atoms with Crippen molar-refractivity contribution in [2.24, 2.45) is 11.7 Å². The molecule has 2 fully saturated rings. The van der Waals surface area contributed by atoms with E-state index in [0.29, 0.717) is 17.9 Å². The van der Waals surface area contributed by atoms with Gasteiger partial charge in [-0.2, -0.15) is 0 Å². The van der Waals surface area contributed by atoms with E-state index in [2.05, 4.69) is 4.90 Å². The number of amides is 1. The fourth-order valence-electron chi connectivity index (χ4n) is 3.29. The van der Waals surface area contributed by atoms with Crippen LogP contribution in [0.25, 0.3) is 0 Å². The minimum atomic E-state index is 0.344. The average molecular weight is 297 g/mol. The van der Waals surface area contributed by atoms with E-state index in [1.807, 2.05) is 11.8 Å². The van der Waals surface area contributed by atoms with Crippen LogP contribution in [0.3, 0.4) is 0 Å². The molecule has 1 aliphatic carbocycles. The van der Waals surface area contributed by atoms with Crippen molar-refractivity contribution >= 4 is 5.91 Å². The van der Waals surface area contributed by atoms with Gasteiger partial charge in [0.25, 0.3) is 0 Å². The average Bonchev–Trinajstić information content (AvgIpc) is 2.46. The zero-order valence-electron chi connectivity index (χ0n) is 13.4. The van der Waals surface area contributed by atoms with Gasteiger partial charge >= 0.3 is 0 Å². The largest absolute Gasteiger partial charge is 0.378 e.